The number of hydrogen-bond acceptors (Lipinski definition) is 5. The molecule has 0 spiro atoms. The van der Waals surface area contributed by atoms with Gasteiger partial charge >= 0.3 is 0 Å². The quantitative estimate of drug-likeness (QED) is 0.617. The Morgan fingerprint density at radius 3 is 2.38 bits per heavy atom. The second-order valence-corrected chi connectivity index (χ2v) is 7.31. The summed E-state index contributed by atoms with van der Waals surface area (Å²) in [4.78, 5) is 20.6. The molecule has 3 aromatic rings. The summed E-state index contributed by atoms with van der Waals surface area (Å²) in [6.45, 7) is 4.74. The van der Waals surface area contributed by atoms with Crippen LogP contribution in [0.5, 0.6) is 0 Å². The Labute approximate surface area is 175 Å². The van der Waals surface area contributed by atoms with Gasteiger partial charge in [0.2, 0.25) is 0 Å². The van der Waals surface area contributed by atoms with Crippen LogP contribution in [0.1, 0.15) is 22.8 Å². The Bertz CT molecular complexity index is 983. The number of pyridine rings is 1. The zero-order chi connectivity index (χ0) is 20.2. The van der Waals surface area contributed by atoms with Crippen LogP contribution in [-0.4, -0.2) is 52.2 Å². The smallest absolute Gasteiger partial charge is 0.257 e. The van der Waals surface area contributed by atoms with Gasteiger partial charge in [0.25, 0.3) is 5.91 Å². The topological polar surface area (TPSA) is 62.2 Å². The highest BCUT2D eigenvalue weighted by molar-refractivity contribution is 6.32. The van der Waals surface area contributed by atoms with Crippen molar-refractivity contribution in [1.29, 1.82) is 0 Å². The summed E-state index contributed by atoms with van der Waals surface area (Å²) in [5.41, 5.74) is 3.67. The van der Waals surface area contributed by atoms with Gasteiger partial charge in [-0.3, -0.25) is 4.79 Å². The second kappa shape index (κ2) is 8.57. The Kier molecular flexibility index (Phi) is 5.71. The summed E-state index contributed by atoms with van der Waals surface area (Å²) in [7, 11) is 0. The molecule has 148 valence electrons. The maximum absolute atomic E-state index is 12.7. The number of aromatic nitrogens is 3. The molecule has 1 aromatic carbocycles. The summed E-state index contributed by atoms with van der Waals surface area (Å²) in [6.07, 6.45) is 2.60. The number of piperazine rings is 1. The van der Waals surface area contributed by atoms with Crippen LogP contribution in [0.2, 0.25) is 5.15 Å². The lowest BCUT2D eigenvalue weighted by atomic mass is 10.1. The zero-order valence-electron chi connectivity index (χ0n) is 16.3. The van der Waals surface area contributed by atoms with E-state index in [-0.39, 0.29) is 11.1 Å². The van der Waals surface area contributed by atoms with Gasteiger partial charge in [-0.2, -0.15) is 0 Å². The summed E-state index contributed by atoms with van der Waals surface area (Å²) in [5, 5.41) is 9.04. The molecule has 0 aliphatic carbocycles. The lowest BCUT2D eigenvalue weighted by Gasteiger charge is -2.35. The lowest BCUT2D eigenvalue weighted by Crippen LogP contribution is -2.49. The van der Waals surface area contributed by atoms with E-state index in [1.165, 1.54) is 5.56 Å². The third-order valence-electron chi connectivity index (χ3n) is 5.19. The van der Waals surface area contributed by atoms with Gasteiger partial charge in [-0.25, -0.2) is 4.98 Å². The molecule has 1 saturated heterocycles. The standard InChI is InChI=1S/C22H22ClN5O/c1-2-16-5-7-17(8-6-16)19-9-10-20(26-25-19)27-12-14-28(15-13-27)22(29)18-4-3-11-24-21(18)23/h3-11H,2,12-15H2,1H3. The van der Waals surface area contributed by atoms with Gasteiger partial charge in [0.1, 0.15) is 5.15 Å². The molecule has 1 aliphatic heterocycles. The van der Waals surface area contributed by atoms with Gasteiger partial charge in [-0.15, -0.1) is 10.2 Å². The molecule has 6 nitrogen and oxygen atoms in total. The first-order valence-corrected chi connectivity index (χ1v) is 10.1. The van der Waals surface area contributed by atoms with Gasteiger partial charge in [0.15, 0.2) is 5.82 Å². The summed E-state index contributed by atoms with van der Waals surface area (Å²) >= 11 is 6.06. The molecule has 0 radical (unpaired) electrons. The minimum Gasteiger partial charge on any atom is -0.352 e. The van der Waals surface area contributed by atoms with E-state index in [0.717, 1.165) is 23.5 Å². The van der Waals surface area contributed by atoms with Crippen molar-refractivity contribution in [1.82, 2.24) is 20.1 Å². The van der Waals surface area contributed by atoms with Crippen LogP contribution in [0.15, 0.2) is 54.7 Å². The molecule has 4 rings (SSSR count). The number of benzene rings is 1. The Morgan fingerprint density at radius 2 is 1.76 bits per heavy atom. The molecule has 1 fully saturated rings. The van der Waals surface area contributed by atoms with Crippen molar-refractivity contribution in [2.24, 2.45) is 0 Å². The number of anilines is 1. The SMILES string of the molecule is CCc1ccc(-c2ccc(N3CCN(C(=O)c4cccnc4Cl)CC3)nn2)cc1. The molecule has 1 amide bonds. The first-order chi connectivity index (χ1) is 14.2. The van der Waals surface area contributed by atoms with E-state index in [9.17, 15) is 4.79 Å². The van der Waals surface area contributed by atoms with Crippen LogP contribution < -0.4 is 4.90 Å². The number of aryl methyl sites for hydroxylation is 1. The monoisotopic (exact) mass is 407 g/mol. The predicted molar refractivity (Wildman–Crippen MR) is 114 cm³/mol. The van der Waals surface area contributed by atoms with E-state index in [2.05, 4.69) is 51.3 Å². The summed E-state index contributed by atoms with van der Waals surface area (Å²) < 4.78 is 0. The Morgan fingerprint density at radius 1 is 1.00 bits per heavy atom. The van der Waals surface area contributed by atoms with Crippen LogP contribution in [0, 0.1) is 0 Å². The average molecular weight is 408 g/mol. The second-order valence-electron chi connectivity index (χ2n) is 6.95. The highest BCUT2D eigenvalue weighted by Crippen LogP contribution is 2.21. The maximum Gasteiger partial charge on any atom is 0.257 e. The summed E-state index contributed by atoms with van der Waals surface area (Å²) in [6, 6.07) is 15.8. The zero-order valence-corrected chi connectivity index (χ0v) is 17.0. The van der Waals surface area contributed by atoms with Crippen LogP contribution >= 0.6 is 11.6 Å². The van der Waals surface area contributed by atoms with E-state index in [1.54, 1.807) is 23.2 Å². The minimum absolute atomic E-state index is 0.0836. The van der Waals surface area contributed by atoms with Crippen LogP contribution in [0.25, 0.3) is 11.3 Å². The fourth-order valence-corrected chi connectivity index (χ4v) is 3.61. The summed E-state index contributed by atoms with van der Waals surface area (Å²) in [5.74, 6) is 0.741. The van der Waals surface area contributed by atoms with E-state index in [1.807, 2.05) is 12.1 Å². The fourth-order valence-electron chi connectivity index (χ4n) is 3.41. The number of halogens is 1. The van der Waals surface area contributed by atoms with Gasteiger partial charge in [-0.05, 0) is 36.2 Å². The molecule has 3 heterocycles. The first kappa shape index (κ1) is 19.3. The highest BCUT2D eigenvalue weighted by atomic mass is 35.5. The largest absolute Gasteiger partial charge is 0.352 e. The van der Waals surface area contributed by atoms with Crippen LogP contribution in [-0.2, 0) is 6.42 Å². The van der Waals surface area contributed by atoms with E-state index in [0.29, 0.717) is 31.7 Å². The number of carbonyl (C=O) groups excluding carboxylic acids is 1. The molecule has 0 bridgehead atoms. The van der Waals surface area contributed by atoms with Gasteiger partial charge < -0.3 is 9.80 Å². The van der Waals surface area contributed by atoms with Crippen molar-refractivity contribution in [2.45, 2.75) is 13.3 Å². The van der Waals surface area contributed by atoms with Crippen molar-refractivity contribution >= 4 is 23.3 Å². The van der Waals surface area contributed by atoms with Crippen molar-refractivity contribution in [2.75, 3.05) is 31.1 Å². The molecule has 0 N–H and O–H groups in total. The van der Waals surface area contributed by atoms with Crippen molar-refractivity contribution < 1.29 is 4.79 Å². The molecule has 0 unspecified atom stereocenters. The molecule has 2 aromatic heterocycles. The van der Waals surface area contributed by atoms with Gasteiger partial charge in [0, 0.05) is 37.9 Å². The number of carbonyl (C=O) groups is 1. The Hall–Kier alpha value is -2.99. The van der Waals surface area contributed by atoms with Crippen LogP contribution in [0.4, 0.5) is 5.82 Å². The Balaban J connectivity index is 1.39. The molecule has 7 heteroatoms. The fraction of sp³-hybridized carbons (Fsp3) is 0.273. The molecule has 29 heavy (non-hydrogen) atoms. The molecule has 1 aliphatic rings. The number of hydrogen-bond donors (Lipinski definition) is 0. The maximum atomic E-state index is 12.7. The van der Waals surface area contributed by atoms with E-state index >= 15 is 0 Å². The van der Waals surface area contributed by atoms with E-state index < -0.39 is 0 Å². The van der Waals surface area contributed by atoms with Crippen molar-refractivity contribution in [3.8, 4) is 11.3 Å². The molecule has 0 saturated carbocycles. The normalized spacial score (nSPS) is 14.1. The van der Waals surface area contributed by atoms with E-state index in [4.69, 9.17) is 11.6 Å². The number of amides is 1. The predicted octanol–water partition coefficient (Wildman–Crippen LogP) is 3.72. The third-order valence-corrected chi connectivity index (χ3v) is 5.49. The molecular weight excluding hydrogens is 386 g/mol. The van der Waals surface area contributed by atoms with Gasteiger partial charge in [0.05, 0.1) is 11.3 Å². The average Bonchev–Trinajstić information content (AvgIpc) is 2.79. The first-order valence-electron chi connectivity index (χ1n) is 9.73. The van der Waals surface area contributed by atoms with Crippen molar-refractivity contribution in [3.63, 3.8) is 0 Å². The van der Waals surface area contributed by atoms with Crippen LogP contribution in [0.3, 0.4) is 0 Å². The lowest BCUT2D eigenvalue weighted by molar-refractivity contribution is 0.0746. The molecule has 0 atom stereocenters. The minimum atomic E-state index is -0.0836. The number of rotatable bonds is 4. The third kappa shape index (κ3) is 4.22. The van der Waals surface area contributed by atoms with Crippen molar-refractivity contribution in [3.05, 3.63) is 71.0 Å². The highest BCUT2D eigenvalue weighted by Gasteiger charge is 2.24. The van der Waals surface area contributed by atoms with Gasteiger partial charge in [-0.1, -0.05) is 42.8 Å². The number of nitrogens with zero attached hydrogens (tertiary/aromatic N) is 5. The molecular formula is C22H22ClN5O.